The Morgan fingerprint density at radius 3 is 2.40 bits per heavy atom. The topological polar surface area (TPSA) is 91.5 Å². The van der Waals surface area contributed by atoms with E-state index in [9.17, 15) is 10.1 Å². The fraction of sp³-hybridized carbons (Fsp3) is 0.286. The molecule has 3 aromatic rings. The first-order chi connectivity index (χ1) is 14.6. The molecule has 0 amide bonds. The van der Waals surface area contributed by atoms with Crippen LogP contribution in [-0.4, -0.2) is 58.0 Å². The van der Waals surface area contributed by atoms with Crippen molar-refractivity contribution in [1.82, 2.24) is 19.9 Å². The van der Waals surface area contributed by atoms with Crippen molar-refractivity contribution in [3.05, 3.63) is 76.7 Å². The average Bonchev–Trinajstić information content (AvgIpc) is 2.79. The second-order valence-corrected chi connectivity index (χ2v) is 7.18. The fourth-order valence-electron chi connectivity index (χ4n) is 3.51. The molecule has 3 heterocycles. The first-order valence-corrected chi connectivity index (χ1v) is 9.79. The molecule has 30 heavy (non-hydrogen) atoms. The predicted molar refractivity (Wildman–Crippen MR) is 115 cm³/mol. The van der Waals surface area contributed by atoms with E-state index < -0.39 is 0 Å². The van der Waals surface area contributed by atoms with Gasteiger partial charge in [-0.2, -0.15) is 0 Å². The number of hydrogen-bond acceptors (Lipinski definition) is 8. The van der Waals surface area contributed by atoms with Crippen molar-refractivity contribution in [2.75, 3.05) is 43.0 Å². The Kier molecular flexibility index (Phi) is 5.80. The van der Waals surface area contributed by atoms with Crippen LogP contribution in [0.2, 0.25) is 0 Å². The van der Waals surface area contributed by atoms with Crippen LogP contribution in [0.15, 0.2) is 61.1 Å². The molecule has 0 aliphatic carbocycles. The minimum absolute atomic E-state index is 0.0939. The van der Waals surface area contributed by atoms with Crippen LogP contribution >= 0.6 is 0 Å². The van der Waals surface area contributed by atoms with Crippen LogP contribution in [0.5, 0.6) is 0 Å². The third kappa shape index (κ3) is 4.20. The first-order valence-electron chi connectivity index (χ1n) is 9.79. The largest absolute Gasteiger partial charge is 0.354 e. The maximum Gasteiger partial charge on any atom is 0.354 e. The molecule has 0 saturated carbocycles. The summed E-state index contributed by atoms with van der Waals surface area (Å²) < 4.78 is 0. The molecule has 1 fully saturated rings. The Labute approximate surface area is 174 Å². The van der Waals surface area contributed by atoms with Gasteiger partial charge >= 0.3 is 5.69 Å². The maximum absolute atomic E-state index is 12.2. The van der Waals surface area contributed by atoms with Gasteiger partial charge in [-0.05, 0) is 24.7 Å². The molecule has 9 nitrogen and oxygen atoms in total. The molecule has 0 N–H and O–H groups in total. The molecule has 0 spiro atoms. The van der Waals surface area contributed by atoms with Gasteiger partial charge in [0.1, 0.15) is 12.1 Å². The van der Waals surface area contributed by atoms with Crippen molar-refractivity contribution >= 4 is 23.1 Å². The molecule has 1 aliphatic rings. The highest BCUT2D eigenvalue weighted by molar-refractivity contribution is 5.75. The van der Waals surface area contributed by atoms with Crippen molar-refractivity contribution in [2.24, 2.45) is 0 Å². The fourth-order valence-corrected chi connectivity index (χ4v) is 3.51. The SMILES string of the molecule is CN1CCN(c2ncnc(N(Cc3ccccc3)c3ccccn3)c2[N+](=O)[O-])CC1. The van der Waals surface area contributed by atoms with Gasteiger partial charge in [0.05, 0.1) is 11.5 Å². The smallest absolute Gasteiger partial charge is 0.348 e. The summed E-state index contributed by atoms with van der Waals surface area (Å²) in [5.74, 6) is 1.19. The second kappa shape index (κ2) is 8.83. The predicted octanol–water partition coefficient (Wildman–Crippen LogP) is 2.87. The Bertz CT molecular complexity index is 993. The quantitative estimate of drug-likeness (QED) is 0.457. The molecule has 0 unspecified atom stereocenters. The highest BCUT2D eigenvalue weighted by atomic mass is 16.6. The van der Waals surface area contributed by atoms with Gasteiger partial charge in [-0.1, -0.05) is 36.4 Å². The van der Waals surface area contributed by atoms with Crippen molar-refractivity contribution in [1.29, 1.82) is 0 Å². The Morgan fingerprint density at radius 1 is 1.00 bits per heavy atom. The van der Waals surface area contributed by atoms with E-state index in [0.29, 0.717) is 31.3 Å². The van der Waals surface area contributed by atoms with Crippen LogP contribution in [-0.2, 0) is 6.54 Å². The Balaban J connectivity index is 1.80. The van der Waals surface area contributed by atoms with E-state index in [-0.39, 0.29) is 16.4 Å². The third-order valence-corrected chi connectivity index (χ3v) is 5.13. The lowest BCUT2D eigenvalue weighted by atomic mass is 10.2. The molecule has 1 saturated heterocycles. The highest BCUT2D eigenvalue weighted by Gasteiger charge is 2.32. The molecular weight excluding hydrogens is 382 g/mol. The van der Waals surface area contributed by atoms with Crippen LogP contribution in [0.4, 0.5) is 23.1 Å². The molecule has 9 heteroatoms. The zero-order valence-electron chi connectivity index (χ0n) is 16.8. The lowest BCUT2D eigenvalue weighted by molar-refractivity contribution is -0.383. The summed E-state index contributed by atoms with van der Waals surface area (Å²) in [6, 6.07) is 15.3. The van der Waals surface area contributed by atoms with Crippen molar-refractivity contribution in [2.45, 2.75) is 6.54 Å². The summed E-state index contributed by atoms with van der Waals surface area (Å²) in [6.07, 6.45) is 3.07. The van der Waals surface area contributed by atoms with E-state index in [0.717, 1.165) is 18.7 Å². The van der Waals surface area contributed by atoms with E-state index in [1.807, 2.05) is 60.5 Å². The standard InChI is InChI=1S/C21H23N7O2/c1-25-11-13-26(14-12-25)20-19(28(29)30)21(24-16-23-20)27(18-9-5-6-10-22-18)15-17-7-3-2-4-8-17/h2-10,16H,11-15H2,1H3. The molecule has 2 aromatic heterocycles. The number of rotatable bonds is 6. The van der Waals surface area contributed by atoms with Crippen LogP contribution in [0.3, 0.4) is 0 Å². The Morgan fingerprint density at radius 2 is 1.73 bits per heavy atom. The summed E-state index contributed by atoms with van der Waals surface area (Å²) >= 11 is 0. The summed E-state index contributed by atoms with van der Waals surface area (Å²) in [5, 5.41) is 12.2. The van der Waals surface area contributed by atoms with Crippen molar-refractivity contribution in [3.8, 4) is 0 Å². The summed E-state index contributed by atoms with van der Waals surface area (Å²) in [7, 11) is 2.04. The molecule has 0 radical (unpaired) electrons. The van der Waals surface area contributed by atoms with E-state index >= 15 is 0 Å². The monoisotopic (exact) mass is 405 g/mol. The number of pyridine rings is 1. The summed E-state index contributed by atoms with van der Waals surface area (Å²) in [4.78, 5) is 30.8. The van der Waals surface area contributed by atoms with Crippen molar-refractivity contribution in [3.63, 3.8) is 0 Å². The van der Waals surface area contributed by atoms with E-state index in [2.05, 4.69) is 19.9 Å². The van der Waals surface area contributed by atoms with E-state index in [1.165, 1.54) is 6.33 Å². The molecular formula is C21H23N7O2. The van der Waals surface area contributed by atoms with Gasteiger partial charge in [0.25, 0.3) is 0 Å². The van der Waals surface area contributed by atoms with Gasteiger partial charge in [-0.25, -0.2) is 15.0 Å². The number of aromatic nitrogens is 3. The number of nitrogens with zero attached hydrogens (tertiary/aromatic N) is 7. The van der Waals surface area contributed by atoms with Gasteiger partial charge in [-0.15, -0.1) is 0 Å². The molecule has 1 aliphatic heterocycles. The molecule has 0 bridgehead atoms. The van der Waals surface area contributed by atoms with Crippen LogP contribution < -0.4 is 9.80 Å². The van der Waals surface area contributed by atoms with Crippen LogP contribution in [0.25, 0.3) is 0 Å². The van der Waals surface area contributed by atoms with Gasteiger partial charge < -0.3 is 14.7 Å². The van der Waals surface area contributed by atoms with E-state index in [1.54, 1.807) is 11.1 Å². The second-order valence-electron chi connectivity index (χ2n) is 7.18. The molecule has 1 aromatic carbocycles. The first kappa shape index (κ1) is 19.7. The number of likely N-dealkylation sites (N-methyl/N-ethyl adjacent to an activating group) is 1. The lowest BCUT2D eigenvalue weighted by Gasteiger charge is -2.33. The van der Waals surface area contributed by atoms with Crippen LogP contribution in [0.1, 0.15) is 5.56 Å². The van der Waals surface area contributed by atoms with E-state index in [4.69, 9.17) is 0 Å². The number of benzene rings is 1. The van der Waals surface area contributed by atoms with Gasteiger partial charge in [0.15, 0.2) is 0 Å². The highest BCUT2D eigenvalue weighted by Crippen LogP contribution is 2.38. The normalized spacial score (nSPS) is 14.5. The molecule has 0 atom stereocenters. The minimum Gasteiger partial charge on any atom is -0.348 e. The number of piperazine rings is 1. The number of hydrogen-bond donors (Lipinski definition) is 0. The van der Waals surface area contributed by atoms with Gasteiger partial charge in [-0.3, -0.25) is 10.1 Å². The maximum atomic E-state index is 12.2. The average molecular weight is 405 g/mol. The zero-order valence-corrected chi connectivity index (χ0v) is 16.8. The number of anilines is 3. The van der Waals surface area contributed by atoms with Crippen molar-refractivity contribution < 1.29 is 4.92 Å². The molecule has 4 rings (SSSR count). The minimum atomic E-state index is -0.385. The van der Waals surface area contributed by atoms with Crippen LogP contribution in [0, 0.1) is 10.1 Å². The Hall–Kier alpha value is -3.59. The molecule has 154 valence electrons. The third-order valence-electron chi connectivity index (χ3n) is 5.13. The van der Waals surface area contributed by atoms with Gasteiger partial charge in [0.2, 0.25) is 11.6 Å². The number of nitro groups is 1. The zero-order chi connectivity index (χ0) is 20.9. The lowest BCUT2D eigenvalue weighted by Crippen LogP contribution is -2.45. The van der Waals surface area contributed by atoms with Gasteiger partial charge in [0, 0.05) is 32.4 Å². The summed E-state index contributed by atoms with van der Waals surface area (Å²) in [6.45, 7) is 3.40. The summed E-state index contributed by atoms with van der Waals surface area (Å²) in [5.41, 5.74) is 0.904.